The highest BCUT2D eigenvalue weighted by Gasteiger charge is 2.20. The van der Waals surface area contributed by atoms with Gasteiger partial charge in [0, 0.05) is 17.0 Å². The molecule has 1 atom stereocenters. The number of rotatable bonds is 6. The van der Waals surface area contributed by atoms with Gasteiger partial charge in [-0.15, -0.1) is 0 Å². The van der Waals surface area contributed by atoms with Crippen LogP contribution in [-0.4, -0.2) is 32.1 Å². The molecule has 1 aliphatic rings. The molecule has 24 heavy (non-hydrogen) atoms. The minimum absolute atomic E-state index is 0.0732. The van der Waals surface area contributed by atoms with Gasteiger partial charge in [0.25, 0.3) is 5.91 Å². The van der Waals surface area contributed by atoms with Crippen molar-refractivity contribution in [3.05, 3.63) is 64.7 Å². The summed E-state index contributed by atoms with van der Waals surface area (Å²) in [5.41, 5.74) is 2.77. The SMILES string of the molecule is O=C(C[NH+]1CCc2ccccc2C1)NCCOc1ccc(Cl)cc1. The highest BCUT2D eigenvalue weighted by Crippen LogP contribution is 2.15. The van der Waals surface area contributed by atoms with Crippen LogP contribution in [0.5, 0.6) is 5.75 Å². The Bertz CT molecular complexity index is 688. The number of hydrogen-bond donors (Lipinski definition) is 2. The lowest BCUT2D eigenvalue weighted by Crippen LogP contribution is -3.12. The molecule has 1 amide bonds. The number of hydrogen-bond acceptors (Lipinski definition) is 2. The zero-order valence-electron chi connectivity index (χ0n) is 13.6. The minimum Gasteiger partial charge on any atom is -0.492 e. The normalized spacial score (nSPS) is 16.3. The zero-order valence-corrected chi connectivity index (χ0v) is 14.3. The molecule has 126 valence electrons. The highest BCUT2D eigenvalue weighted by molar-refractivity contribution is 6.30. The van der Waals surface area contributed by atoms with Crippen LogP contribution >= 0.6 is 11.6 Å². The first-order valence-electron chi connectivity index (χ1n) is 8.26. The van der Waals surface area contributed by atoms with Crippen molar-refractivity contribution in [3.63, 3.8) is 0 Å². The van der Waals surface area contributed by atoms with Crippen molar-refractivity contribution in [2.75, 3.05) is 26.2 Å². The van der Waals surface area contributed by atoms with Crippen LogP contribution in [0.25, 0.3) is 0 Å². The van der Waals surface area contributed by atoms with Crippen molar-refractivity contribution >= 4 is 17.5 Å². The minimum atomic E-state index is 0.0732. The van der Waals surface area contributed by atoms with Crippen molar-refractivity contribution in [2.24, 2.45) is 0 Å². The molecule has 0 spiro atoms. The van der Waals surface area contributed by atoms with E-state index in [4.69, 9.17) is 16.3 Å². The fourth-order valence-electron chi connectivity index (χ4n) is 2.97. The van der Waals surface area contributed by atoms with Gasteiger partial charge in [-0.2, -0.15) is 0 Å². The maximum absolute atomic E-state index is 12.1. The lowest BCUT2D eigenvalue weighted by atomic mass is 10.00. The smallest absolute Gasteiger partial charge is 0.275 e. The molecule has 0 saturated carbocycles. The maximum atomic E-state index is 12.1. The van der Waals surface area contributed by atoms with Crippen LogP contribution in [0.1, 0.15) is 11.1 Å². The van der Waals surface area contributed by atoms with E-state index in [0.717, 1.165) is 25.3 Å². The second-order valence-electron chi connectivity index (χ2n) is 6.02. The van der Waals surface area contributed by atoms with Gasteiger partial charge < -0.3 is 15.0 Å². The third-order valence-corrected chi connectivity index (χ3v) is 4.48. The summed E-state index contributed by atoms with van der Waals surface area (Å²) in [5, 5.41) is 3.61. The largest absolute Gasteiger partial charge is 0.492 e. The van der Waals surface area contributed by atoms with Gasteiger partial charge in [-0.1, -0.05) is 35.9 Å². The van der Waals surface area contributed by atoms with E-state index in [9.17, 15) is 4.79 Å². The van der Waals surface area contributed by atoms with Crippen LogP contribution in [-0.2, 0) is 17.8 Å². The monoisotopic (exact) mass is 345 g/mol. The quantitative estimate of drug-likeness (QED) is 0.779. The Morgan fingerprint density at radius 3 is 2.67 bits per heavy atom. The summed E-state index contributed by atoms with van der Waals surface area (Å²) in [4.78, 5) is 13.4. The Balaban J connectivity index is 1.36. The van der Waals surface area contributed by atoms with Crippen LogP contribution in [0.15, 0.2) is 48.5 Å². The van der Waals surface area contributed by atoms with Gasteiger partial charge in [0.15, 0.2) is 6.54 Å². The van der Waals surface area contributed by atoms with E-state index in [1.165, 1.54) is 16.0 Å². The Morgan fingerprint density at radius 1 is 1.12 bits per heavy atom. The number of carbonyl (C=O) groups is 1. The van der Waals surface area contributed by atoms with Gasteiger partial charge in [0.05, 0.1) is 13.1 Å². The number of fused-ring (bicyclic) bond motifs is 1. The number of halogens is 1. The van der Waals surface area contributed by atoms with Crippen LogP contribution in [0, 0.1) is 0 Å². The number of carbonyl (C=O) groups excluding carboxylic acids is 1. The Kier molecular flexibility index (Phi) is 5.72. The standard InChI is InChI=1S/C19H21ClN2O2/c20-17-5-7-18(8-6-17)24-12-10-21-19(23)14-22-11-9-15-3-1-2-4-16(15)13-22/h1-8H,9-14H2,(H,21,23)/p+1. The Morgan fingerprint density at radius 2 is 1.88 bits per heavy atom. The van der Waals surface area contributed by atoms with Gasteiger partial charge in [-0.05, 0) is 29.8 Å². The van der Waals surface area contributed by atoms with E-state index in [1.807, 2.05) is 12.1 Å². The first-order valence-corrected chi connectivity index (χ1v) is 8.64. The zero-order chi connectivity index (χ0) is 16.8. The van der Waals surface area contributed by atoms with E-state index in [2.05, 4.69) is 29.6 Å². The average molecular weight is 346 g/mol. The summed E-state index contributed by atoms with van der Waals surface area (Å²) in [6.45, 7) is 3.39. The van der Waals surface area contributed by atoms with E-state index in [1.54, 1.807) is 12.1 Å². The third-order valence-electron chi connectivity index (χ3n) is 4.22. The van der Waals surface area contributed by atoms with Crippen molar-refractivity contribution in [1.82, 2.24) is 5.32 Å². The number of ether oxygens (including phenoxy) is 1. The summed E-state index contributed by atoms with van der Waals surface area (Å²) in [6.07, 6.45) is 1.04. The van der Waals surface area contributed by atoms with Crippen LogP contribution in [0.4, 0.5) is 0 Å². The second kappa shape index (κ2) is 8.18. The maximum Gasteiger partial charge on any atom is 0.275 e. The topological polar surface area (TPSA) is 42.8 Å². The van der Waals surface area contributed by atoms with Crippen molar-refractivity contribution in [2.45, 2.75) is 13.0 Å². The molecule has 1 unspecified atom stereocenters. The lowest BCUT2D eigenvalue weighted by Gasteiger charge is -2.25. The van der Waals surface area contributed by atoms with E-state index < -0.39 is 0 Å². The lowest BCUT2D eigenvalue weighted by molar-refractivity contribution is -0.908. The van der Waals surface area contributed by atoms with Crippen LogP contribution in [0.2, 0.25) is 5.02 Å². The number of quaternary nitrogens is 1. The molecule has 2 aromatic rings. The molecule has 0 fully saturated rings. The molecule has 1 heterocycles. The average Bonchev–Trinajstić information content (AvgIpc) is 2.60. The summed E-state index contributed by atoms with van der Waals surface area (Å²) < 4.78 is 5.57. The molecule has 4 nitrogen and oxygen atoms in total. The summed E-state index contributed by atoms with van der Waals surface area (Å²) in [5.74, 6) is 0.830. The number of benzene rings is 2. The van der Waals surface area contributed by atoms with Gasteiger partial charge in [0.2, 0.25) is 0 Å². The molecule has 0 radical (unpaired) electrons. The van der Waals surface area contributed by atoms with E-state index in [-0.39, 0.29) is 5.91 Å². The van der Waals surface area contributed by atoms with Crippen LogP contribution in [0.3, 0.4) is 0 Å². The van der Waals surface area contributed by atoms with Crippen LogP contribution < -0.4 is 15.0 Å². The predicted octanol–water partition coefficient (Wildman–Crippen LogP) is 1.48. The van der Waals surface area contributed by atoms with Gasteiger partial charge in [-0.25, -0.2) is 0 Å². The summed E-state index contributed by atoms with van der Waals surface area (Å²) in [7, 11) is 0. The molecule has 0 aliphatic carbocycles. The summed E-state index contributed by atoms with van der Waals surface area (Å²) in [6, 6.07) is 15.7. The molecule has 1 aliphatic heterocycles. The van der Waals surface area contributed by atoms with Crippen molar-refractivity contribution in [3.8, 4) is 5.75 Å². The number of amides is 1. The molecule has 2 aromatic carbocycles. The molecule has 0 bridgehead atoms. The molecule has 5 heteroatoms. The molecular formula is C19H22ClN2O2+. The van der Waals surface area contributed by atoms with E-state index in [0.29, 0.717) is 24.7 Å². The number of nitrogens with one attached hydrogen (secondary N) is 2. The van der Waals surface area contributed by atoms with Gasteiger partial charge in [0.1, 0.15) is 18.9 Å². The second-order valence-corrected chi connectivity index (χ2v) is 6.46. The molecular weight excluding hydrogens is 324 g/mol. The van der Waals surface area contributed by atoms with Gasteiger partial charge in [-0.3, -0.25) is 4.79 Å². The molecule has 3 rings (SSSR count). The Hall–Kier alpha value is -2.04. The first-order chi connectivity index (χ1) is 11.7. The fraction of sp³-hybridized carbons (Fsp3) is 0.316. The third kappa shape index (κ3) is 4.73. The molecule has 0 saturated heterocycles. The fourth-order valence-corrected chi connectivity index (χ4v) is 3.10. The molecule has 2 N–H and O–H groups in total. The van der Waals surface area contributed by atoms with Crippen molar-refractivity contribution in [1.29, 1.82) is 0 Å². The Labute approximate surface area is 147 Å². The van der Waals surface area contributed by atoms with Crippen molar-refractivity contribution < 1.29 is 14.4 Å². The predicted molar refractivity (Wildman–Crippen MR) is 94.5 cm³/mol. The van der Waals surface area contributed by atoms with Gasteiger partial charge >= 0.3 is 0 Å². The summed E-state index contributed by atoms with van der Waals surface area (Å²) >= 11 is 5.82. The molecule has 0 aromatic heterocycles. The highest BCUT2D eigenvalue weighted by atomic mass is 35.5. The van der Waals surface area contributed by atoms with E-state index >= 15 is 0 Å². The first kappa shape index (κ1) is 16.8.